The largest absolute Gasteiger partial charge is 0.512 e. The molecule has 2 N–H and O–H groups in total. The fourth-order valence-corrected chi connectivity index (χ4v) is 14.6. The third-order valence-electron chi connectivity index (χ3n) is 19.9. The summed E-state index contributed by atoms with van der Waals surface area (Å²) in [5.41, 5.74) is 2.34. The Kier molecular flexibility index (Phi) is 25.4. The Morgan fingerprint density at radius 1 is 0.481 bits per heavy atom. The van der Waals surface area contributed by atoms with Gasteiger partial charge in [0.1, 0.15) is 6.04 Å². The molecule has 77 heavy (non-hydrogen) atoms. The van der Waals surface area contributed by atoms with E-state index in [0.29, 0.717) is 45.9 Å². The summed E-state index contributed by atoms with van der Waals surface area (Å²) in [6.07, 6.45) is 11.2. The smallest absolute Gasteiger partial charge is 0.320 e. The van der Waals surface area contributed by atoms with Gasteiger partial charge in [0.15, 0.2) is 0 Å². The third kappa shape index (κ3) is 19.9. The van der Waals surface area contributed by atoms with Crippen LogP contribution in [0.1, 0.15) is 190 Å². The number of aliphatic carboxylic acids is 1. The van der Waals surface area contributed by atoms with E-state index in [4.69, 9.17) is 0 Å². The molecule has 452 valence electrons. The van der Waals surface area contributed by atoms with Crippen LogP contribution in [0.4, 0.5) is 0 Å². The van der Waals surface area contributed by atoms with Crippen LogP contribution in [0.5, 0.6) is 0 Å². The molecule has 9 saturated heterocycles. The van der Waals surface area contributed by atoms with Crippen molar-refractivity contribution < 1.29 is 15.0 Å². The number of carboxylic acids is 1. The van der Waals surface area contributed by atoms with Crippen LogP contribution in [-0.2, 0) is 4.79 Å². The van der Waals surface area contributed by atoms with Crippen molar-refractivity contribution in [2.24, 2.45) is 17.3 Å². The molecule has 5 unspecified atom stereocenters. The van der Waals surface area contributed by atoms with Gasteiger partial charge in [-0.25, -0.2) is 0 Å². The van der Waals surface area contributed by atoms with Gasteiger partial charge in [-0.1, -0.05) is 34.8 Å². The van der Waals surface area contributed by atoms with Crippen LogP contribution >= 0.6 is 0 Å². The highest BCUT2D eigenvalue weighted by atomic mass is 16.4. The molecule has 9 aliphatic heterocycles. The van der Waals surface area contributed by atoms with Crippen LogP contribution in [0.2, 0.25) is 0 Å². The Balaban J connectivity index is 0.000000209. The van der Waals surface area contributed by atoms with Crippen molar-refractivity contribution in [3.05, 3.63) is 12.3 Å². The second-order valence-electron chi connectivity index (χ2n) is 30.1. The Morgan fingerprint density at radius 3 is 1.34 bits per heavy atom. The van der Waals surface area contributed by atoms with Gasteiger partial charge in [0, 0.05) is 124 Å². The second-order valence-corrected chi connectivity index (χ2v) is 30.1. The summed E-state index contributed by atoms with van der Waals surface area (Å²) < 4.78 is 0. The standard InChI is InChI=1S/C15H30N2.C14H26N2O2.C13H24N2O.C11H22N2.C10H22N2.CH4/c1-5-16-10-6-15(7-11-16)8-12-17(13-9-15)14(2,3)4;1-14(2,3)15-9-6-11(7-10-15)16-8-4-5-12(16)13(17)18;1-10(16)5-14-6-11-8-15(13(2,3)4)9-12(11)7-14;1-5-12-7-10-6-9(12)8-13(10)11(2,3)4;1-5-11-6-8-12(9-7-11)10(2,3)4;/h5-13H2,1-4H3;11-12H,4-10H2,1-3H3,(H,17,18);11-12,16H,1,5-9H2,2-4H3;9-10H,5-8H2,1-4H3;5-9H2,1-4H3;1H4. The van der Waals surface area contributed by atoms with E-state index in [9.17, 15) is 15.0 Å². The first-order chi connectivity index (χ1) is 35.3. The number of aliphatic hydroxyl groups excluding tert-OH is 1. The molecule has 13 nitrogen and oxygen atoms in total. The summed E-state index contributed by atoms with van der Waals surface area (Å²) >= 11 is 0. The Hall–Kier alpha value is -1.39. The normalized spacial score (nSPS) is 29.1. The Bertz CT molecular complexity index is 1710. The summed E-state index contributed by atoms with van der Waals surface area (Å²) in [6, 6.07) is 1.95. The lowest BCUT2D eigenvalue weighted by Crippen LogP contribution is -2.53. The van der Waals surface area contributed by atoms with Gasteiger partial charge >= 0.3 is 5.97 Å². The first kappa shape index (κ1) is 68.1. The second kappa shape index (κ2) is 28.7. The van der Waals surface area contributed by atoms with Crippen LogP contribution < -0.4 is 0 Å². The zero-order valence-corrected chi connectivity index (χ0v) is 53.2. The molecule has 0 radical (unpaired) electrons. The third-order valence-corrected chi connectivity index (χ3v) is 19.9. The van der Waals surface area contributed by atoms with E-state index in [0.717, 1.165) is 82.3 Å². The quantitative estimate of drug-likeness (QED) is 0.238. The maximum absolute atomic E-state index is 11.2. The van der Waals surface area contributed by atoms with Gasteiger partial charge < -0.3 is 20.0 Å². The minimum Gasteiger partial charge on any atom is -0.512 e. The number of hydrogen-bond acceptors (Lipinski definition) is 12. The van der Waals surface area contributed by atoms with E-state index in [1.807, 2.05) is 0 Å². The lowest BCUT2D eigenvalue weighted by atomic mass is 9.70. The molecule has 2 bridgehead atoms. The highest BCUT2D eigenvalue weighted by Crippen LogP contribution is 2.43. The molecule has 9 rings (SSSR count). The van der Waals surface area contributed by atoms with Gasteiger partial charge in [0.2, 0.25) is 0 Å². The Labute approximate surface area is 476 Å². The molecule has 0 aliphatic carbocycles. The van der Waals surface area contributed by atoms with Gasteiger partial charge in [-0.3, -0.25) is 44.0 Å². The number of hydrogen-bond donors (Lipinski definition) is 2. The van der Waals surface area contributed by atoms with Crippen LogP contribution in [0.3, 0.4) is 0 Å². The molecule has 0 aromatic rings. The summed E-state index contributed by atoms with van der Waals surface area (Å²) in [7, 11) is 0. The van der Waals surface area contributed by atoms with Crippen molar-refractivity contribution in [1.82, 2.24) is 49.0 Å². The summed E-state index contributed by atoms with van der Waals surface area (Å²) in [6.45, 7) is 70.0. The molecule has 1 spiro atoms. The zero-order chi connectivity index (χ0) is 56.6. The van der Waals surface area contributed by atoms with Crippen molar-refractivity contribution in [3.63, 3.8) is 0 Å². The minimum absolute atomic E-state index is 0. The van der Waals surface area contributed by atoms with Crippen LogP contribution in [-0.4, -0.2) is 254 Å². The van der Waals surface area contributed by atoms with Crippen molar-refractivity contribution in [2.75, 3.05) is 137 Å². The van der Waals surface area contributed by atoms with E-state index in [1.165, 1.54) is 130 Å². The van der Waals surface area contributed by atoms with E-state index in [2.05, 4.69) is 180 Å². The molecule has 9 heterocycles. The number of aliphatic hydroxyl groups is 1. The van der Waals surface area contributed by atoms with E-state index < -0.39 is 5.97 Å². The van der Waals surface area contributed by atoms with Crippen molar-refractivity contribution in [3.8, 4) is 0 Å². The first-order valence-electron chi connectivity index (χ1n) is 31.3. The molecule has 0 saturated carbocycles. The van der Waals surface area contributed by atoms with Crippen molar-refractivity contribution >= 4 is 5.97 Å². The fourth-order valence-electron chi connectivity index (χ4n) is 14.6. The molecule has 0 aromatic carbocycles. The molecular weight excluding hydrogens is 957 g/mol. The maximum Gasteiger partial charge on any atom is 0.320 e. The molecular formula is C64H128N10O3. The number of fused-ring (bicyclic) bond motifs is 3. The van der Waals surface area contributed by atoms with Gasteiger partial charge in [0.25, 0.3) is 0 Å². The number of nitrogens with zero attached hydrogens (tertiary/aromatic N) is 10. The first-order valence-corrected chi connectivity index (χ1v) is 31.3. The SMILES string of the molecule is C.C=C(O)CN1CC2CN(C(C)(C)C)CC2C1.CC(C)(C)N1CCC(N2CCCC2C(=O)O)CC1.CCN1CC2CC1CN2C(C)(C)C.CCN1CCC2(CC1)CCN(C(C)(C)C)CC2.CCN1CCN(C(C)(C)C)CC1. The van der Waals surface area contributed by atoms with Crippen molar-refractivity contribution in [1.29, 1.82) is 0 Å². The van der Waals surface area contributed by atoms with E-state index in [-0.39, 0.29) is 19.0 Å². The van der Waals surface area contributed by atoms with Gasteiger partial charge in [-0.05, 0) is 231 Å². The summed E-state index contributed by atoms with van der Waals surface area (Å²) in [5.74, 6) is 1.25. The van der Waals surface area contributed by atoms with Gasteiger partial charge in [-0.15, -0.1) is 0 Å². The number of likely N-dealkylation sites (N-methyl/N-ethyl adjacent to an activating group) is 2. The molecule has 9 aliphatic rings. The molecule has 5 atom stereocenters. The number of piperazine rings is 2. The van der Waals surface area contributed by atoms with Crippen molar-refractivity contribution in [2.45, 2.75) is 242 Å². The number of carbonyl (C=O) groups is 1. The number of likely N-dealkylation sites (tertiary alicyclic amines) is 8. The average molecular weight is 1090 g/mol. The monoisotopic (exact) mass is 1090 g/mol. The molecule has 0 amide bonds. The van der Waals surface area contributed by atoms with Gasteiger partial charge in [-0.2, -0.15) is 0 Å². The predicted octanol–water partition coefficient (Wildman–Crippen LogP) is 10.1. The summed E-state index contributed by atoms with van der Waals surface area (Å²) in [5, 5.41) is 18.5. The lowest BCUT2D eigenvalue weighted by Gasteiger charge is -2.49. The van der Waals surface area contributed by atoms with Gasteiger partial charge in [0.05, 0.1) is 12.3 Å². The molecule has 13 heteroatoms. The van der Waals surface area contributed by atoms with Crippen LogP contribution in [0, 0.1) is 17.3 Å². The number of carboxylic acid groups (broad SMARTS) is 1. The highest BCUT2D eigenvalue weighted by Gasteiger charge is 2.47. The Morgan fingerprint density at radius 2 is 0.935 bits per heavy atom. The topological polar surface area (TPSA) is 89.9 Å². The molecule has 0 aromatic heterocycles. The van der Waals surface area contributed by atoms with Crippen LogP contribution in [0.25, 0.3) is 0 Å². The van der Waals surface area contributed by atoms with E-state index >= 15 is 0 Å². The molecule has 9 fully saturated rings. The summed E-state index contributed by atoms with van der Waals surface area (Å²) in [4.78, 5) is 36.6. The van der Waals surface area contributed by atoms with Crippen LogP contribution in [0.15, 0.2) is 12.3 Å². The fraction of sp³-hybridized carbons (Fsp3) is 0.953. The minimum atomic E-state index is -0.634. The number of rotatable bonds is 7. The average Bonchev–Trinajstić information content (AvgIpc) is 4.20. The lowest BCUT2D eigenvalue weighted by molar-refractivity contribution is -0.143. The zero-order valence-electron chi connectivity index (χ0n) is 53.2. The number of piperidine rings is 3. The predicted molar refractivity (Wildman–Crippen MR) is 329 cm³/mol. The maximum atomic E-state index is 11.2. The highest BCUT2D eigenvalue weighted by molar-refractivity contribution is 5.73. The van der Waals surface area contributed by atoms with E-state index in [1.54, 1.807) is 0 Å².